The fourth-order valence-electron chi connectivity index (χ4n) is 4.31. The molecule has 1 saturated heterocycles. The fourth-order valence-corrected chi connectivity index (χ4v) is 5.65. The van der Waals surface area contributed by atoms with Gasteiger partial charge in [0.25, 0.3) is 17.4 Å². The summed E-state index contributed by atoms with van der Waals surface area (Å²) in [7, 11) is 1.71. The largest absolute Gasteiger partial charge is 0.548 e. The van der Waals surface area contributed by atoms with Crippen LogP contribution in [0, 0.1) is 6.92 Å². The van der Waals surface area contributed by atoms with E-state index in [0.29, 0.717) is 22.6 Å². The Bertz CT molecular complexity index is 1540. The lowest BCUT2D eigenvalue weighted by molar-refractivity contribution is -0.303. The van der Waals surface area contributed by atoms with Gasteiger partial charge in [-0.1, -0.05) is 60.4 Å². The molecule has 2 amide bonds. The van der Waals surface area contributed by atoms with E-state index in [-0.39, 0.29) is 20.5 Å². The summed E-state index contributed by atoms with van der Waals surface area (Å²) >= 11 is 6.39. The first-order valence-corrected chi connectivity index (χ1v) is 11.7. The first-order chi connectivity index (χ1) is 16.7. The standard InChI is InChI=1S/C24H18N4O5S2/c1-13-19(22(32)28(25(13)2)14-8-4-3-5-9-14)27-23(33)20(35-24(27)34)18-15-10-6-7-11-16(15)26(21(18)31)12-17(29)30/h3-11H,12H2,1-2H3,(H,29,30)/p-1/b20-18-. The molecule has 5 rings (SSSR count). The third-order valence-corrected chi connectivity index (χ3v) is 7.33. The fraction of sp³-hybridized carbons (Fsp3) is 0.125. The van der Waals surface area contributed by atoms with Gasteiger partial charge in [0.2, 0.25) is 0 Å². The van der Waals surface area contributed by atoms with Gasteiger partial charge >= 0.3 is 0 Å². The molecule has 1 fully saturated rings. The first-order valence-electron chi connectivity index (χ1n) is 10.5. The van der Waals surface area contributed by atoms with Crippen molar-refractivity contribution in [1.29, 1.82) is 0 Å². The Labute approximate surface area is 208 Å². The number of aromatic nitrogens is 2. The first kappa shape index (κ1) is 22.8. The van der Waals surface area contributed by atoms with Crippen LogP contribution in [-0.2, 0) is 21.4 Å². The number of hydrogen-bond donors (Lipinski definition) is 0. The molecule has 0 N–H and O–H groups in total. The van der Waals surface area contributed by atoms with Gasteiger partial charge in [-0.25, -0.2) is 4.68 Å². The number of para-hydroxylation sites is 2. The lowest BCUT2D eigenvalue weighted by atomic mass is 10.1. The molecule has 35 heavy (non-hydrogen) atoms. The molecule has 0 bridgehead atoms. The van der Waals surface area contributed by atoms with E-state index < -0.39 is 29.9 Å². The van der Waals surface area contributed by atoms with Gasteiger partial charge in [0.1, 0.15) is 5.69 Å². The summed E-state index contributed by atoms with van der Waals surface area (Å²) in [6, 6.07) is 15.6. The Hall–Kier alpha value is -3.96. The zero-order valence-electron chi connectivity index (χ0n) is 18.5. The van der Waals surface area contributed by atoms with Crippen molar-refractivity contribution in [3.8, 4) is 5.69 Å². The van der Waals surface area contributed by atoms with Crippen LogP contribution in [0.1, 0.15) is 11.3 Å². The number of benzene rings is 2. The molecule has 0 atom stereocenters. The van der Waals surface area contributed by atoms with Crippen molar-refractivity contribution < 1.29 is 19.5 Å². The molecule has 11 heteroatoms. The number of carbonyl (C=O) groups is 3. The van der Waals surface area contributed by atoms with E-state index in [1.807, 2.05) is 6.07 Å². The second-order valence-electron chi connectivity index (χ2n) is 7.90. The maximum atomic E-state index is 13.7. The average molecular weight is 506 g/mol. The molecule has 2 aromatic carbocycles. The van der Waals surface area contributed by atoms with Crippen LogP contribution in [0.15, 0.2) is 64.3 Å². The molecule has 0 spiro atoms. The van der Waals surface area contributed by atoms with Crippen molar-refractivity contribution in [3.63, 3.8) is 0 Å². The summed E-state index contributed by atoms with van der Waals surface area (Å²) < 4.78 is 3.18. The van der Waals surface area contributed by atoms with E-state index in [4.69, 9.17) is 12.2 Å². The second-order valence-corrected chi connectivity index (χ2v) is 9.55. The van der Waals surface area contributed by atoms with Crippen LogP contribution in [0.25, 0.3) is 11.3 Å². The van der Waals surface area contributed by atoms with Crippen molar-refractivity contribution in [3.05, 3.63) is 81.1 Å². The normalized spacial score (nSPS) is 17.5. The maximum absolute atomic E-state index is 13.7. The summed E-state index contributed by atoms with van der Waals surface area (Å²) in [6.07, 6.45) is 0. The van der Waals surface area contributed by atoms with Gasteiger partial charge in [-0.05, 0) is 25.1 Å². The number of amides is 2. The van der Waals surface area contributed by atoms with Crippen molar-refractivity contribution in [1.82, 2.24) is 9.36 Å². The van der Waals surface area contributed by atoms with Crippen LogP contribution < -0.4 is 20.5 Å². The van der Waals surface area contributed by atoms with Crippen LogP contribution in [0.3, 0.4) is 0 Å². The highest BCUT2D eigenvalue weighted by Gasteiger charge is 2.44. The van der Waals surface area contributed by atoms with Gasteiger partial charge in [0, 0.05) is 12.6 Å². The van der Waals surface area contributed by atoms with E-state index >= 15 is 0 Å². The molecule has 0 radical (unpaired) electrons. The van der Waals surface area contributed by atoms with Crippen molar-refractivity contribution in [2.45, 2.75) is 6.92 Å². The molecular weight excluding hydrogens is 488 g/mol. The van der Waals surface area contributed by atoms with Gasteiger partial charge in [0.15, 0.2) is 4.32 Å². The Morgan fingerprint density at radius 1 is 1.00 bits per heavy atom. The maximum Gasteiger partial charge on any atom is 0.296 e. The molecule has 2 aliphatic rings. The third-order valence-electron chi connectivity index (χ3n) is 5.95. The van der Waals surface area contributed by atoms with E-state index in [1.54, 1.807) is 67.2 Å². The minimum atomic E-state index is -1.43. The molecule has 1 aromatic heterocycles. The predicted octanol–water partition coefficient (Wildman–Crippen LogP) is 1.36. The number of carboxylic acids is 1. The van der Waals surface area contributed by atoms with E-state index in [1.165, 1.54) is 4.68 Å². The number of rotatable bonds is 4. The molecular formula is C24H17N4O5S2-. The molecule has 2 aliphatic heterocycles. The van der Waals surface area contributed by atoms with Gasteiger partial charge in [0.05, 0.1) is 40.1 Å². The summed E-state index contributed by atoms with van der Waals surface area (Å²) in [5.41, 5.74) is 1.64. The zero-order valence-corrected chi connectivity index (χ0v) is 20.2. The van der Waals surface area contributed by atoms with Gasteiger partial charge in [-0.2, -0.15) is 0 Å². The topological polar surface area (TPSA) is 108 Å². The number of hydrogen-bond acceptors (Lipinski definition) is 7. The van der Waals surface area contributed by atoms with E-state index in [9.17, 15) is 24.3 Å². The highest BCUT2D eigenvalue weighted by Crippen LogP contribution is 2.45. The smallest absolute Gasteiger partial charge is 0.296 e. The number of nitrogens with zero attached hydrogens (tertiary/aromatic N) is 4. The van der Waals surface area contributed by atoms with Gasteiger partial charge < -0.3 is 14.8 Å². The zero-order chi connectivity index (χ0) is 25.0. The molecule has 0 unspecified atom stereocenters. The average Bonchev–Trinajstić information content (AvgIpc) is 3.35. The number of thiocarbonyl (C=S) groups is 1. The predicted molar refractivity (Wildman–Crippen MR) is 134 cm³/mol. The summed E-state index contributed by atoms with van der Waals surface area (Å²) in [5.74, 6) is -2.68. The van der Waals surface area contributed by atoms with Crippen molar-refractivity contribution in [2.24, 2.45) is 7.05 Å². The number of anilines is 2. The summed E-state index contributed by atoms with van der Waals surface area (Å²) in [4.78, 5) is 53.9. The second kappa shape index (κ2) is 8.36. The number of aliphatic carboxylic acids is 1. The molecule has 0 aliphatic carbocycles. The van der Waals surface area contributed by atoms with Gasteiger partial charge in [-0.3, -0.25) is 24.0 Å². The third kappa shape index (κ3) is 3.43. The Kier molecular flexibility index (Phi) is 5.45. The number of carbonyl (C=O) groups excluding carboxylic acids is 3. The lowest BCUT2D eigenvalue weighted by Gasteiger charge is -2.17. The van der Waals surface area contributed by atoms with Crippen LogP contribution >= 0.6 is 24.0 Å². The molecule has 176 valence electrons. The Balaban J connectivity index is 1.65. The Morgan fingerprint density at radius 2 is 1.66 bits per heavy atom. The van der Waals surface area contributed by atoms with Crippen LogP contribution in [0.2, 0.25) is 0 Å². The monoisotopic (exact) mass is 505 g/mol. The van der Waals surface area contributed by atoms with Crippen LogP contribution in [-0.4, -0.2) is 38.0 Å². The number of carboxylic acid groups (broad SMARTS) is 1. The van der Waals surface area contributed by atoms with Crippen LogP contribution in [0.5, 0.6) is 0 Å². The van der Waals surface area contributed by atoms with E-state index in [0.717, 1.165) is 21.6 Å². The van der Waals surface area contributed by atoms with E-state index in [2.05, 4.69) is 0 Å². The van der Waals surface area contributed by atoms with Crippen LogP contribution in [0.4, 0.5) is 11.4 Å². The number of thioether (sulfide) groups is 1. The van der Waals surface area contributed by atoms with Crippen molar-refractivity contribution in [2.75, 3.05) is 16.3 Å². The van der Waals surface area contributed by atoms with Crippen molar-refractivity contribution >= 4 is 63.0 Å². The lowest BCUT2D eigenvalue weighted by Crippen LogP contribution is -2.39. The molecule has 3 aromatic rings. The van der Waals surface area contributed by atoms with Gasteiger partial charge in [-0.15, -0.1) is 0 Å². The molecule has 0 saturated carbocycles. The summed E-state index contributed by atoms with van der Waals surface area (Å²) in [6.45, 7) is 1.05. The minimum Gasteiger partial charge on any atom is -0.548 e. The minimum absolute atomic E-state index is 0.0437. The number of fused-ring (bicyclic) bond motifs is 1. The quantitative estimate of drug-likeness (QED) is 0.389. The highest BCUT2D eigenvalue weighted by molar-refractivity contribution is 8.27. The SMILES string of the molecule is Cc1c(N2C(=O)/C(=C3/C(=O)N(CC(=O)[O-])c4ccccc43)SC2=S)c(=O)n(-c2ccccc2)n1C. The summed E-state index contributed by atoms with van der Waals surface area (Å²) in [5, 5.41) is 11.3. The highest BCUT2D eigenvalue weighted by atomic mass is 32.2. The molecule has 9 nitrogen and oxygen atoms in total. The Morgan fingerprint density at radius 3 is 2.34 bits per heavy atom. The molecule has 3 heterocycles.